The van der Waals surface area contributed by atoms with E-state index < -0.39 is 0 Å². The van der Waals surface area contributed by atoms with Gasteiger partial charge >= 0.3 is 0 Å². The topological polar surface area (TPSA) is 37.2 Å². The molecule has 4 heterocycles. The minimum atomic E-state index is 1.05. The van der Waals surface area contributed by atoms with Crippen LogP contribution >= 0.6 is 23.1 Å². The summed E-state index contributed by atoms with van der Waals surface area (Å²) in [5.74, 6) is 2.24. The average molecular weight is 360 g/mol. The fraction of sp³-hybridized carbons (Fsp3) is 0.412. The lowest BCUT2D eigenvalue weighted by Crippen LogP contribution is -2.47. The number of aromatic nitrogens is 3. The van der Waals surface area contributed by atoms with Crippen LogP contribution in [0.3, 0.4) is 0 Å². The number of rotatable bonds is 5. The van der Waals surface area contributed by atoms with E-state index in [2.05, 4.69) is 41.8 Å². The van der Waals surface area contributed by atoms with Gasteiger partial charge in [-0.1, -0.05) is 11.8 Å². The van der Waals surface area contributed by atoms with Crippen molar-refractivity contribution in [3.63, 3.8) is 0 Å². The Labute approximate surface area is 150 Å². The number of piperazine rings is 1. The largest absolute Gasteiger partial charge is 0.354 e. The number of thiophene rings is 1. The van der Waals surface area contributed by atoms with Gasteiger partial charge in [0.25, 0.3) is 0 Å². The number of imidazole rings is 1. The van der Waals surface area contributed by atoms with E-state index in [-0.39, 0.29) is 0 Å². The summed E-state index contributed by atoms with van der Waals surface area (Å²) in [4.78, 5) is 14.0. The van der Waals surface area contributed by atoms with Crippen LogP contribution < -0.4 is 4.90 Å². The number of anilines is 1. The van der Waals surface area contributed by atoms with E-state index in [1.807, 2.05) is 37.4 Å². The molecule has 0 bridgehead atoms. The molecule has 3 aromatic heterocycles. The van der Waals surface area contributed by atoms with Crippen molar-refractivity contribution in [2.24, 2.45) is 7.05 Å². The normalized spacial score (nSPS) is 16.1. The number of aryl methyl sites for hydroxylation is 1. The SMILES string of the molecule is Cn1ccnc1SCCN1CCN(c2nccc3sccc23)CC1. The van der Waals surface area contributed by atoms with E-state index in [0.717, 1.165) is 49.5 Å². The zero-order valence-corrected chi connectivity index (χ0v) is 15.4. The smallest absolute Gasteiger partial charge is 0.167 e. The lowest BCUT2D eigenvalue weighted by molar-refractivity contribution is 0.273. The van der Waals surface area contributed by atoms with Crippen molar-refractivity contribution in [3.8, 4) is 0 Å². The van der Waals surface area contributed by atoms with Gasteiger partial charge < -0.3 is 9.47 Å². The molecule has 0 radical (unpaired) electrons. The lowest BCUT2D eigenvalue weighted by atomic mass is 10.2. The van der Waals surface area contributed by atoms with E-state index in [0.29, 0.717) is 0 Å². The first-order valence-electron chi connectivity index (χ1n) is 8.21. The predicted octanol–water partition coefficient (Wildman–Crippen LogP) is 2.94. The van der Waals surface area contributed by atoms with Crippen LogP contribution in [-0.4, -0.2) is 57.9 Å². The van der Waals surface area contributed by atoms with Crippen LogP contribution in [-0.2, 0) is 7.05 Å². The first kappa shape index (κ1) is 15.9. The van der Waals surface area contributed by atoms with E-state index in [9.17, 15) is 0 Å². The second kappa shape index (κ2) is 7.13. The second-order valence-electron chi connectivity index (χ2n) is 5.96. The molecule has 1 fully saturated rings. The maximum Gasteiger partial charge on any atom is 0.167 e. The van der Waals surface area contributed by atoms with Gasteiger partial charge in [-0.05, 0) is 17.5 Å². The molecule has 0 saturated carbocycles. The Balaban J connectivity index is 1.30. The van der Waals surface area contributed by atoms with Gasteiger partial charge in [0, 0.05) is 74.2 Å². The van der Waals surface area contributed by atoms with Gasteiger partial charge in [-0.15, -0.1) is 11.3 Å². The summed E-state index contributed by atoms with van der Waals surface area (Å²) in [5.41, 5.74) is 0. The molecule has 0 amide bonds. The molecule has 1 aliphatic heterocycles. The monoisotopic (exact) mass is 359 g/mol. The van der Waals surface area contributed by atoms with E-state index in [4.69, 9.17) is 0 Å². The molecule has 0 spiro atoms. The Morgan fingerprint density at radius 3 is 2.79 bits per heavy atom. The quantitative estimate of drug-likeness (QED) is 0.655. The van der Waals surface area contributed by atoms with Crippen molar-refractivity contribution in [1.29, 1.82) is 0 Å². The maximum atomic E-state index is 4.63. The summed E-state index contributed by atoms with van der Waals surface area (Å²) in [6.45, 7) is 5.41. The third-order valence-electron chi connectivity index (χ3n) is 4.45. The Morgan fingerprint density at radius 1 is 1.12 bits per heavy atom. The van der Waals surface area contributed by atoms with Crippen molar-refractivity contribution < 1.29 is 0 Å². The van der Waals surface area contributed by atoms with Gasteiger partial charge in [0.15, 0.2) is 5.16 Å². The highest BCUT2D eigenvalue weighted by Gasteiger charge is 2.19. The minimum Gasteiger partial charge on any atom is -0.354 e. The van der Waals surface area contributed by atoms with Crippen LogP contribution in [0.1, 0.15) is 0 Å². The average Bonchev–Trinajstić information content (AvgIpc) is 3.24. The van der Waals surface area contributed by atoms with Gasteiger partial charge in [0.2, 0.25) is 0 Å². The molecule has 0 unspecified atom stereocenters. The Bertz CT molecular complexity index is 804. The molecule has 4 rings (SSSR count). The number of thioether (sulfide) groups is 1. The third kappa shape index (κ3) is 3.29. The molecule has 0 aromatic carbocycles. The Kier molecular flexibility index (Phi) is 4.73. The first-order chi connectivity index (χ1) is 11.8. The molecule has 0 aliphatic carbocycles. The van der Waals surface area contributed by atoms with Gasteiger partial charge in [-0.25, -0.2) is 9.97 Å². The Hall–Kier alpha value is -1.57. The molecule has 24 heavy (non-hydrogen) atoms. The van der Waals surface area contributed by atoms with Crippen molar-refractivity contribution in [2.75, 3.05) is 43.4 Å². The molecule has 126 valence electrons. The van der Waals surface area contributed by atoms with Crippen LogP contribution in [0.4, 0.5) is 5.82 Å². The zero-order valence-electron chi connectivity index (χ0n) is 13.8. The number of nitrogens with zero attached hydrogens (tertiary/aromatic N) is 5. The molecular formula is C17H21N5S2. The van der Waals surface area contributed by atoms with Gasteiger partial charge in [0.1, 0.15) is 5.82 Å². The highest BCUT2D eigenvalue weighted by molar-refractivity contribution is 7.99. The van der Waals surface area contributed by atoms with Gasteiger partial charge in [-0.2, -0.15) is 0 Å². The van der Waals surface area contributed by atoms with Crippen molar-refractivity contribution in [1.82, 2.24) is 19.4 Å². The summed E-state index contributed by atoms with van der Waals surface area (Å²) in [5, 5.41) is 4.55. The first-order valence-corrected chi connectivity index (χ1v) is 10.1. The van der Waals surface area contributed by atoms with Crippen molar-refractivity contribution >= 4 is 39.0 Å². The van der Waals surface area contributed by atoms with E-state index >= 15 is 0 Å². The number of fused-ring (bicyclic) bond motifs is 1. The Morgan fingerprint density at radius 2 is 2.00 bits per heavy atom. The summed E-state index contributed by atoms with van der Waals surface area (Å²) in [6, 6.07) is 4.30. The summed E-state index contributed by atoms with van der Waals surface area (Å²) in [7, 11) is 2.05. The molecule has 0 atom stereocenters. The molecule has 0 N–H and O–H groups in total. The van der Waals surface area contributed by atoms with Crippen LogP contribution in [0.2, 0.25) is 0 Å². The standard InChI is InChI=1S/C17H21N5S2/c1-20-6-5-19-17(20)24-13-11-21-7-9-22(10-8-21)16-14-3-12-23-15(14)2-4-18-16/h2-6,12H,7-11,13H2,1H3. The molecule has 5 nitrogen and oxygen atoms in total. The van der Waals surface area contributed by atoms with Crippen molar-refractivity contribution in [2.45, 2.75) is 5.16 Å². The van der Waals surface area contributed by atoms with Crippen LogP contribution in [0, 0.1) is 0 Å². The van der Waals surface area contributed by atoms with Gasteiger partial charge in [-0.3, -0.25) is 4.90 Å². The van der Waals surface area contributed by atoms with Crippen LogP contribution in [0.15, 0.2) is 41.3 Å². The molecule has 3 aromatic rings. The van der Waals surface area contributed by atoms with E-state index in [1.54, 1.807) is 11.3 Å². The highest BCUT2D eigenvalue weighted by Crippen LogP contribution is 2.29. The number of hydrogen-bond acceptors (Lipinski definition) is 6. The molecular weight excluding hydrogens is 338 g/mol. The second-order valence-corrected chi connectivity index (χ2v) is 7.97. The van der Waals surface area contributed by atoms with Gasteiger partial charge in [0.05, 0.1) is 0 Å². The highest BCUT2D eigenvalue weighted by atomic mass is 32.2. The summed E-state index contributed by atoms with van der Waals surface area (Å²) < 4.78 is 3.41. The maximum absolute atomic E-state index is 4.63. The molecule has 1 aliphatic rings. The lowest BCUT2D eigenvalue weighted by Gasteiger charge is -2.35. The van der Waals surface area contributed by atoms with Crippen LogP contribution in [0.25, 0.3) is 10.1 Å². The summed E-state index contributed by atoms with van der Waals surface area (Å²) in [6.07, 6.45) is 5.79. The summed E-state index contributed by atoms with van der Waals surface area (Å²) >= 11 is 3.62. The van der Waals surface area contributed by atoms with E-state index in [1.165, 1.54) is 10.1 Å². The fourth-order valence-corrected chi connectivity index (χ4v) is 4.78. The number of pyridine rings is 1. The fourth-order valence-electron chi connectivity index (χ4n) is 3.07. The minimum absolute atomic E-state index is 1.05. The number of hydrogen-bond donors (Lipinski definition) is 0. The third-order valence-corrected chi connectivity index (χ3v) is 6.37. The predicted molar refractivity (Wildman–Crippen MR) is 102 cm³/mol. The zero-order chi connectivity index (χ0) is 16.4. The van der Waals surface area contributed by atoms with Crippen molar-refractivity contribution in [3.05, 3.63) is 36.1 Å². The molecule has 1 saturated heterocycles. The molecule has 7 heteroatoms. The van der Waals surface area contributed by atoms with Crippen LogP contribution in [0.5, 0.6) is 0 Å².